The molecule has 1 aliphatic heterocycles. The molecule has 2 amide bonds. The molecule has 1 saturated heterocycles. The number of amides is 2. The molecule has 2 aromatic carbocycles. The van der Waals surface area contributed by atoms with Crippen LogP contribution in [0.5, 0.6) is 0 Å². The zero-order valence-electron chi connectivity index (χ0n) is 16.9. The number of nitrogens with zero attached hydrogens (tertiary/aromatic N) is 1. The van der Waals surface area contributed by atoms with Gasteiger partial charge in [-0.2, -0.15) is 0 Å². The van der Waals surface area contributed by atoms with Gasteiger partial charge in [0.25, 0.3) is 0 Å². The third-order valence-electron chi connectivity index (χ3n) is 4.75. The van der Waals surface area contributed by atoms with E-state index >= 15 is 0 Å². The first-order valence-corrected chi connectivity index (χ1v) is 10.8. The SMILES string of the molecule is CC(C)CC(=O)Nc1cccc([C@H]2SCC(=O)N2c2ccc(C(C)C)cc2)c1. The van der Waals surface area contributed by atoms with Crippen molar-refractivity contribution in [2.45, 2.75) is 45.4 Å². The average Bonchev–Trinajstić information content (AvgIpc) is 3.02. The first kappa shape index (κ1) is 20.5. The Morgan fingerprint density at radius 3 is 2.50 bits per heavy atom. The van der Waals surface area contributed by atoms with Gasteiger partial charge in [0.1, 0.15) is 5.37 Å². The van der Waals surface area contributed by atoms with Crippen molar-refractivity contribution in [3.05, 3.63) is 59.7 Å². The summed E-state index contributed by atoms with van der Waals surface area (Å²) in [5, 5.41) is 2.89. The van der Waals surface area contributed by atoms with Crippen molar-refractivity contribution in [3.63, 3.8) is 0 Å². The molecule has 3 rings (SSSR count). The molecule has 28 heavy (non-hydrogen) atoms. The van der Waals surface area contributed by atoms with Crippen molar-refractivity contribution >= 4 is 35.0 Å². The Bertz CT molecular complexity index is 846. The monoisotopic (exact) mass is 396 g/mol. The van der Waals surface area contributed by atoms with Gasteiger partial charge in [0.2, 0.25) is 11.8 Å². The summed E-state index contributed by atoms with van der Waals surface area (Å²) in [6.07, 6.45) is 0.495. The molecule has 0 saturated carbocycles. The molecule has 1 fully saturated rings. The summed E-state index contributed by atoms with van der Waals surface area (Å²) in [6, 6.07) is 16.1. The van der Waals surface area contributed by atoms with Crippen molar-refractivity contribution in [1.29, 1.82) is 0 Å². The van der Waals surface area contributed by atoms with Crippen LogP contribution in [0.1, 0.15) is 56.5 Å². The second-order valence-electron chi connectivity index (χ2n) is 7.94. The quantitative estimate of drug-likeness (QED) is 0.694. The first-order chi connectivity index (χ1) is 13.3. The van der Waals surface area contributed by atoms with Gasteiger partial charge in [-0.05, 0) is 47.2 Å². The summed E-state index contributed by atoms with van der Waals surface area (Å²) in [4.78, 5) is 26.6. The maximum Gasteiger partial charge on any atom is 0.238 e. The van der Waals surface area contributed by atoms with Crippen LogP contribution in [0.4, 0.5) is 11.4 Å². The lowest BCUT2D eigenvalue weighted by Gasteiger charge is -2.25. The summed E-state index contributed by atoms with van der Waals surface area (Å²) in [5.41, 5.74) is 3.97. The van der Waals surface area contributed by atoms with Gasteiger partial charge in [-0.25, -0.2) is 0 Å². The van der Waals surface area contributed by atoms with Crippen LogP contribution in [0.3, 0.4) is 0 Å². The van der Waals surface area contributed by atoms with Crippen molar-refractivity contribution in [1.82, 2.24) is 0 Å². The van der Waals surface area contributed by atoms with Crippen LogP contribution < -0.4 is 10.2 Å². The maximum atomic E-state index is 12.6. The number of benzene rings is 2. The smallest absolute Gasteiger partial charge is 0.238 e. The molecule has 1 aliphatic rings. The van der Waals surface area contributed by atoms with Gasteiger partial charge in [-0.3, -0.25) is 14.5 Å². The van der Waals surface area contributed by atoms with E-state index in [9.17, 15) is 9.59 Å². The minimum Gasteiger partial charge on any atom is -0.326 e. The van der Waals surface area contributed by atoms with E-state index in [0.717, 1.165) is 16.9 Å². The van der Waals surface area contributed by atoms with Crippen LogP contribution >= 0.6 is 11.8 Å². The van der Waals surface area contributed by atoms with E-state index in [1.54, 1.807) is 11.8 Å². The molecule has 4 nitrogen and oxygen atoms in total. The predicted molar refractivity (Wildman–Crippen MR) is 118 cm³/mol. The highest BCUT2D eigenvalue weighted by Crippen LogP contribution is 2.42. The molecular weight excluding hydrogens is 368 g/mol. The Morgan fingerprint density at radius 1 is 1.14 bits per heavy atom. The standard InChI is InChI=1S/C23H28N2O2S/c1-15(2)12-21(26)24-19-7-5-6-18(13-19)23-25(22(27)14-28-23)20-10-8-17(9-11-20)16(3)4/h5-11,13,15-16,23H,12,14H2,1-4H3,(H,24,26)/t23-/m1/s1. The van der Waals surface area contributed by atoms with Crippen LogP contribution in [-0.2, 0) is 9.59 Å². The van der Waals surface area contributed by atoms with Crippen molar-refractivity contribution < 1.29 is 9.59 Å². The Labute approximate surface area is 171 Å². The van der Waals surface area contributed by atoms with E-state index < -0.39 is 0 Å². The van der Waals surface area contributed by atoms with Crippen LogP contribution in [0.15, 0.2) is 48.5 Å². The normalized spacial score (nSPS) is 16.9. The number of hydrogen-bond donors (Lipinski definition) is 1. The molecule has 0 unspecified atom stereocenters. The average molecular weight is 397 g/mol. The second kappa shape index (κ2) is 8.82. The molecule has 1 atom stereocenters. The van der Waals surface area contributed by atoms with Gasteiger partial charge in [-0.1, -0.05) is 52.0 Å². The van der Waals surface area contributed by atoms with Crippen LogP contribution in [0, 0.1) is 5.92 Å². The first-order valence-electron chi connectivity index (χ1n) is 9.78. The number of rotatable bonds is 6. The number of hydrogen-bond acceptors (Lipinski definition) is 3. The van der Waals surface area contributed by atoms with Crippen LogP contribution in [0.25, 0.3) is 0 Å². The Balaban J connectivity index is 1.82. The summed E-state index contributed by atoms with van der Waals surface area (Å²) < 4.78 is 0. The van der Waals surface area contributed by atoms with Crippen molar-refractivity contribution in [3.8, 4) is 0 Å². The van der Waals surface area contributed by atoms with Crippen LogP contribution in [0.2, 0.25) is 0 Å². The molecule has 0 radical (unpaired) electrons. The number of nitrogens with one attached hydrogen (secondary N) is 1. The molecular formula is C23H28N2O2S. The van der Waals surface area contributed by atoms with Gasteiger partial charge < -0.3 is 5.32 Å². The minimum atomic E-state index is -0.0839. The van der Waals surface area contributed by atoms with Gasteiger partial charge >= 0.3 is 0 Å². The molecule has 1 N–H and O–H groups in total. The molecule has 0 aromatic heterocycles. The summed E-state index contributed by atoms with van der Waals surface area (Å²) in [5.74, 6) is 1.36. The zero-order valence-corrected chi connectivity index (χ0v) is 17.8. The Hall–Kier alpha value is -2.27. The van der Waals surface area contributed by atoms with Gasteiger partial charge in [-0.15, -0.1) is 11.8 Å². The third-order valence-corrected chi connectivity index (χ3v) is 5.97. The van der Waals surface area contributed by atoms with Crippen molar-refractivity contribution in [2.75, 3.05) is 16.0 Å². The predicted octanol–water partition coefficient (Wildman–Crippen LogP) is 5.57. The second-order valence-corrected chi connectivity index (χ2v) is 9.01. The van der Waals surface area contributed by atoms with Crippen LogP contribution in [-0.4, -0.2) is 17.6 Å². The lowest BCUT2D eigenvalue weighted by molar-refractivity contribution is -0.117. The fourth-order valence-corrected chi connectivity index (χ4v) is 4.49. The highest BCUT2D eigenvalue weighted by molar-refractivity contribution is 8.00. The van der Waals surface area contributed by atoms with Gasteiger partial charge in [0.05, 0.1) is 5.75 Å². The number of thioether (sulfide) groups is 1. The number of carbonyl (C=O) groups excluding carboxylic acids is 2. The molecule has 2 aromatic rings. The molecule has 0 spiro atoms. The van der Waals surface area contributed by atoms with Gasteiger partial charge in [0, 0.05) is 17.8 Å². The van der Waals surface area contributed by atoms with E-state index in [1.807, 2.05) is 55.1 Å². The van der Waals surface area contributed by atoms with E-state index in [4.69, 9.17) is 0 Å². The zero-order chi connectivity index (χ0) is 20.3. The summed E-state index contributed by atoms with van der Waals surface area (Å²) >= 11 is 1.62. The number of carbonyl (C=O) groups is 2. The fourth-order valence-electron chi connectivity index (χ4n) is 3.32. The largest absolute Gasteiger partial charge is 0.326 e. The molecule has 1 heterocycles. The topological polar surface area (TPSA) is 49.4 Å². The van der Waals surface area contributed by atoms with E-state index in [2.05, 4.69) is 31.3 Å². The maximum absolute atomic E-state index is 12.6. The number of anilines is 2. The van der Waals surface area contributed by atoms with Crippen molar-refractivity contribution in [2.24, 2.45) is 5.92 Å². The molecule has 0 aliphatic carbocycles. The minimum absolute atomic E-state index is 0.0171. The highest BCUT2D eigenvalue weighted by Gasteiger charge is 2.34. The fraction of sp³-hybridized carbons (Fsp3) is 0.391. The Morgan fingerprint density at radius 2 is 1.86 bits per heavy atom. The lowest BCUT2D eigenvalue weighted by atomic mass is 10.0. The summed E-state index contributed by atoms with van der Waals surface area (Å²) in [6.45, 7) is 8.37. The highest BCUT2D eigenvalue weighted by atomic mass is 32.2. The van der Waals surface area contributed by atoms with E-state index in [1.165, 1.54) is 5.56 Å². The molecule has 0 bridgehead atoms. The lowest BCUT2D eigenvalue weighted by Crippen LogP contribution is -2.27. The van der Waals surface area contributed by atoms with E-state index in [0.29, 0.717) is 24.0 Å². The Kier molecular flexibility index (Phi) is 6.45. The molecule has 148 valence electrons. The van der Waals surface area contributed by atoms with E-state index in [-0.39, 0.29) is 17.2 Å². The molecule has 5 heteroatoms. The third kappa shape index (κ3) is 4.76. The van der Waals surface area contributed by atoms with Gasteiger partial charge in [0.15, 0.2) is 0 Å². The summed E-state index contributed by atoms with van der Waals surface area (Å²) in [7, 11) is 0.